The number of rotatable bonds is 5. The molecule has 0 radical (unpaired) electrons. The van der Waals surface area contributed by atoms with Gasteiger partial charge in [0, 0.05) is 6.20 Å². The SMILES string of the molecule is COc1cccc(CC(NN)c2cc(C)ccn2)c1F. The predicted molar refractivity (Wildman–Crippen MR) is 75.7 cm³/mol. The lowest BCUT2D eigenvalue weighted by Crippen LogP contribution is -2.30. The van der Waals surface area contributed by atoms with Crippen molar-refractivity contribution in [1.82, 2.24) is 10.4 Å². The van der Waals surface area contributed by atoms with Crippen molar-refractivity contribution in [1.29, 1.82) is 0 Å². The Labute approximate surface area is 117 Å². The number of pyridine rings is 1. The van der Waals surface area contributed by atoms with Gasteiger partial charge in [0.1, 0.15) is 0 Å². The zero-order valence-electron chi connectivity index (χ0n) is 11.6. The van der Waals surface area contributed by atoms with Gasteiger partial charge in [-0.25, -0.2) is 4.39 Å². The number of aryl methyl sites for hydroxylation is 1. The second-order valence-corrected chi connectivity index (χ2v) is 4.61. The van der Waals surface area contributed by atoms with Crippen molar-refractivity contribution in [3.05, 3.63) is 59.2 Å². The largest absolute Gasteiger partial charge is 0.494 e. The maximum absolute atomic E-state index is 14.2. The van der Waals surface area contributed by atoms with Crippen LogP contribution in [0.15, 0.2) is 36.5 Å². The molecule has 1 heterocycles. The molecular weight excluding hydrogens is 257 g/mol. The van der Waals surface area contributed by atoms with Crippen molar-refractivity contribution in [3.8, 4) is 5.75 Å². The number of hydrazine groups is 1. The Morgan fingerprint density at radius 1 is 1.40 bits per heavy atom. The van der Waals surface area contributed by atoms with Gasteiger partial charge in [-0.15, -0.1) is 0 Å². The molecule has 0 aliphatic heterocycles. The Bertz CT molecular complexity index is 589. The van der Waals surface area contributed by atoms with Gasteiger partial charge in [0.25, 0.3) is 0 Å². The highest BCUT2D eigenvalue weighted by molar-refractivity contribution is 5.32. The van der Waals surface area contributed by atoms with Crippen LogP contribution in [0.3, 0.4) is 0 Å². The van der Waals surface area contributed by atoms with E-state index in [0.29, 0.717) is 12.0 Å². The van der Waals surface area contributed by atoms with Gasteiger partial charge in [0.05, 0.1) is 18.8 Å². The number of halogens is 1. The smallest absolute Gasteiger partial charge is 0.168 e. The van der Waals surface area contributed by atoms with Crippen LogP contribution >= 0.6 is 0 Å². The van der Waals surface area contributed by atoms with E-state index in [4.69, 9.17) is 10.6 Å². The van der Waals surface area contributed by atoms with Gasteiger partial charge < -0.3 is 4.74 Å². The number of nitrogens with one attached hydrogen (secondary N) is 1. The molecule has 0 fully saturated rings. The third kappa shape index (κ3) is 3.12. The minimum absolute atomic E-state index is 0.232. The van der Waals surface area contributed by atoms with Crippen LogP contribution in [0.4, 0.5) is 4.39 Å². The molecule has 0 bridgehead atoms. The fourth-order valence-electron chi connectivity index (χ4n) is 2.09. The summed E-state index contributed by atoms with van der Waals surface area (Å²) in [5.41, 5.74) is 5.10. The first-order chi connectivity index (χ1) is 9.65. The predicted octanol–water partition coefficient (Wildman–Crippen LogP) is 2.28. The number of aromatic nitrogens is 1. The molecule has 0 aliphatic carbocycles. The maximum atomic E-state index is 14.2. The van der Waals surface area contributed by atoms with E-state index in [1.165, 1.54) is 7.11 Å². The Balaban J connectivity index is 2.27. The van der Waals surface area contributed by atoms with Crippen LogP contribution in [0.25, 0.3) is 0 Å². The minimum atomic E-state index is -0.358. The Morgan fingerprint density at radius 2 is 2.20 bits per heavy atom. The van der Waals surface area contributed by atoms with E-state index in [0.717, 1.165) is 11.3 Å². The van der Waals surface area contributed by atoms with Gasteiger partial charge in [-0.1, -0.05) is 12.1 Å². The molecule has 1 atom stereocenters. The summed E-state index contributed by atoms with van der Waals surface area (Å²) in [6, 6.07) is 8.66. The molecule has 0 amide bonds. The van der Waals surface area contributed by atoms with E-state index in [9.17, 15) is 4.39 Å². The Morgan fingerprint density at radius 3 is 2.85 bits per heavy atom. The summed E-state index contributed by atoms with van der Waals surface area (Å²) in [6.45, 7) is 1.98. The van der Waals surface area contributed by atoms with E-state index in [-0.39, 0.29) is 17.6 Å². The molecule has 3 N–H and O–H groups in total. The number of nitrogens with two attached hydrogens (primary N) is 1. The van der Waals surface area contributed by atoms with E-state index >= 15 is 0 Å². The summed E-state index contributed by atoms with van der Waals surface area (Å²) in [4.78, 5) is 4.28. The quantitative estimate of drug-likeness (QED) is 0.649. The summed E-state index contributed by atoms with van der Waals surface area (Å²) in [6.07, 6.45) is 2.12. The lowest BCUT2D eigenvalue weighted by molar-refractivity contribution is 0.382. The zero-order valence-corrected chi connectivity index (χ0v) is 11.6. The molecule has 106 valence electrons. The fraction of sp³-hybridized carbons (Fsp3) is 0.267. The first kappa shape index (κ1) is 14.4. The molecule has 4 nitrogen and oxygen atoms in total. The molecule has 2 aromatic rings. The van der Waals surface area contributed by atoms with Crippen LogP contribution in [0.2, 0.25) is 0 Å². The van der Waals surface area contributed by atoms with Gasteiger partial charge >= 0.3 is 0 Å². The number of benzene rings is 1. The van der Waals surface area contributed by atoms with Gasteiger partial charge in [0.2, 0.25) is 0 Å². The van der Waals surface area contributed by atoms with Gasteiger partial charge in [-0.3, -0.25) is 16.3 Å². The highest BCUT2D eigenvalue weighted by Gasteiger charge is 2.16. The van der Waals surface area contributed by atoms with Crippen LogP contribution in [-0.4, -0.2) is 12.1 Å². The second kappa shape index (κ2) is 6.45. The van der Waals surface area contributed by atoms with Crippen molar-refractivity contribution in [3.63, 3.8) is 0 Å². The van der Waals surface area contributed by atoms with Crippen molar-refractivity contribution in [2.24, 2.45) is 5.84 Å². The summed E-state index contributed by atoms with van der Waals surface area (Å²) >= 11 is 0. The molecule has 1 aromatic heterocycles. The molecule has 1 aromatic carbocycles. The molecule has 2 rings (SSSR count). The van der Waals surface area contributed by atoms with E-state index in [2.05, 4.69) is 10.4 Å². The van der Waals surface area contributed by atoms with Crippen molar-refractivity contribution in [2.45, 2.75) is 19.4 Å². The Kier molecular flexibility index (Phi) is 4.65. The van der Waals surface area contributed by atoms with E-state index in [1.807, 2.05) is 19.1 Å². The average molecular weight is 275 g/mol. The van der Waals surface area contributed by atoms with Crippen LogP contribution in [-0.2, 0) is 6.42 Å². The molecule has 0 aliphatic rings. The maximum Gasteiger partial charge on any atom is 0.168 e. The third-order valence-corrected chi connectivity index (χ3v) is 3.18. The lowest BCUT2D eigenvalue weighted by Gasteiger charge is -2.17. The second-order valence-electron chi connectivity index (χ2n) is 4.61. The summed E-state index contributed by atoms with van der Waals surface area (Å²) in [5.74, 6) is 5.45. The number of hydrogen-bond acceptors (Lipinski definition) is 4. The van der Waals surface area contributed by atoms with Crippen LogP contribution in [0.1, 0.15) is 22.9 Å². The third-order valence-electron chi connectivity index (χ3n) is 3.18. The molecule has 0 saturated carbocycles. The molecule has 0 spiro atoms. The standard InChI is InChI=1S/C15H18FN3O/c1-10-6-7-18-12(8-10)13(19-17)9-11-4-3-5-14(20-2)15(11)16/h3-8,13,19H,9,17H2,1-2H3. The normalized spacial score (nSPS) is 12.2. The van der Waals surface area contributed by atoms with E-state index < -0.39 is 0 Å². The topological polar surface area (TPSA) is 60.2 Å². The van der Waals surface area contributed by atoms with Crippen molar-refractivity contribution in [2.75, 3.05) is 7.11 Å². The van der Waals surface area contributed by atoms with Crippen molar-refractivity contribution < 1.29 is 9.13 Å². The van der Waals surface area contributed by atoms with E-state index in [1.54, 1.807) is 24.4 Å². The summed E-state index contributed by atoms with van der Waals surface area (Å²) in [5, 5.41) is 0. The fourth-order valence-corrected chi connectivity index (χ4v) is 2.09. The number of nitrogens with zero attached hydrogens (tertiary/aromatic N) is 1. The molecule has 1 unspecified atom stereocenters. The molecule has 5 heteroatoms. The summed E-state index contributed by atoms with van der Waals surface area (Å²) < 4.78 is 19.1. The molecule has 0 saturated heterocycles. The average Bonchev–Trinajstić information content (AvgIpc) is 2.46. The zero-order chi connectivity index (χ0) is 14.5. The minimum Gasteiger partial charge on any atom is -0.494 e. The lowest BCUT2D eigenvalue weighted by atomic mass is 10.0. The van der Waals surface area contributed by atoms with Gasteiger partial charge in [0.15, 0.2) is 11.6 Å². The highest BCUT2D eigenvalue weighted by Crippen LogP contribution is 2.24. The van der Waals surface area contributed by atoms with Crippen LogP contribution < -0.4 is 16.0 Å². The molecule has 20 heavy (non-hydrogen) atoms. The van der Waals surface area contributed by atoms with Crippen LogP contribution in [0.5, 0.6) is 5.75 Å². The van der Waals surface area contributed by atoms with Crippen LogP contribution in [0, 0.1) is 12.7 Å². The number of hydrogen-bond donors (Lipinski definition) is 2. The number of ether oxygens (including phenoxy) is 1. The first-order valence-electron chi connectivity index (χ1n) is 6.35. The van der Waals surface area contributed by atoms with Crippen molar-refractivity contribution >= 4 is 0 Å². The highest BCUT2D eigenvalue weighted by atomic mass is 19.1. The Hall–Kier alpha value is -1.98. The summed E-state index contributed by atoms with van der Waals surface area (Å²) in [7, 11) is 1.45. The van der Waals surface area contributed by atoms with Gasteiger partial charge in [-0.05, 0) is 42.7 Å². The van der Waals surface area contributed by atoms with Gasteiger partial charge in [-0.2, -0.15) is 0 Å². The number of methoxy groups -OCH3 is 1. The first-order valence-corrected chi connectivity index (χ1v) is 6.35. The molecular formula is C15H18FN3O. The monoisotopic (exact) mass is 275 g/mol.